The van der Waals surface area contributed by atoms with E-state index in [4.69, 9.17) is 0 Å². The number of halogens is 7. The van der Waals surface area contributed by atoms with Crippen molar-refractivity contribution in [1.29, 1.82) is 0 Å². The van der Waals surface area contributed by atoms with Crippen LogP contribution in [-0.2, 0) is 31.8 Å². The third-order valence-corrected chi connectivity index (χ3v) is 9.46. The van der Waals surface area contributed by atoms with E-state index in [0.29, 0.717) is 28.7 Å². The lowest BCUT2D eigenvalue weighted by Crippen LogP contribution is -2.47. The van der Waals surface area contributed by atoms with Gasteiger partial charge in [-0.1, -0.05) is 34.1 Å². The van der Waals surface area contributed by atoms with Crippen LogP contribution in [-0.4, -0.2) is 32.3 Å². The Bertz CT molecular complexity index is 2020. The van der Waals surface area contributed by atoms with E-state index < -0.39 is 45.4 Å². The molecule has 0 fully saturated rings. The van der Waals surface area contributed by atoms with Crippen molar-refractivity contribution in [3.8, 4) is 0 Å². The second-order valence-electron chi connectivity index (χ2n) is 11.3. The van der Waals surface area contributed by atoms with Gasteiger partial charge in [-0.05, 0) is 66.9 Å². The highest BCUT2D eigenvalue weighted by molar-refractivity contribution is 9.10. The molecule has 0 saturated carbocycles. The largest absolute Gasteiger partial charge is 0.416 e. The summed E-state index contributed by atoms with van der Waals surface area (Å²) >= 11 is 3.22. The van der Waals surface area contributed by atoms with E-state index in [1.165, 1.54) is 36.4 Å². The fourth-order valence-electron chi connectivity index (χ4n) is 5.65. The van der Waals surface area contributed by atoms with Gasteiger partial charge < -0.3 is 10.6 Å². The third kappa shape index (κ3) is 8.07. The first-order valence-electron chi connectivity index (χ1n) is 14.5. The molecule has 2 N–H and O–H groups in total. The molecule has 258 valence electrons. The number of ketones is 2. The summed E-state index contributed by atoms with van der Waals surface area (Å²) in [5.74, 6) is -0.302. The molecule has 3 aliphatic rings. The molecule has 1 atom stereocenters. The number of allylic oxidation sites excluding steroid dienone is 3. The molecule has 0 saturated heterocycles. The second-order valence-corrected chi connectivity index (χ2v) is 14.2. The molecule has 3 aromatic carbocycles. The number of rotatable bonds is 5. The number of Topliss-reactive ketones (excluding diaryl/α,β-unsaturated/α-hetero) is 1. The number of sulfone groups is 1. The number of carbonyl (C=O) groups is 3. The Hall–Kier alpha value is -4.44. The van der Waals surface area contributed by atoms with Crippen LogP contribution in [0.1, 0.15) is 48.4 Å². The molecule has 1 unspecified atom stereocenters. The van der Waals surface area contributed by atoms with Crippen LogP contribution in [0.5, 0.6) is 0 Å². The number of nitrogens with zero attached hydrogens (tertiary/aromatic N) is 1. The molecule has 0 bridgehead atoms. The van der Waals surface area contributed by atoms with Gasteiger partial charge in [0.2, 0.25) is 0 Å². The van der Waals surface area contributed by atoms with Crippen molar-refractivity contribution in [2.24, 2.45) is 0 Å². The zero-order valence-electron chi connectivity index (χ0n) is 25.4. The van der Waals surface area contributed by atoms with Gasteiger partial charge in [0.25, 0.3) is 0 Å². The maximum Gasteiger partial charge on any atom is 0.416 e. The van der Waals surface area contributed by atoms with Crippen LogP contribution >= 0.6 is 15.9 Å². The molecule has 49 heavy (non-hydrogen) atoms. The lowest BCUT2D eigenvalue weighted by atomic mass is 9.94. The van der Waals surface area contributed by atoms with Gasteiger partial charge >= 0.3 is 18.4 Å². The van der Waals surface area contributed by atoms with E-state index in [0.717, 1.165) is 35.4 Å². The summed E-state index contributed by atoms with van der Waals surface area (Å²) in [5, 5.41) is 5.44. The SMILES string of the molecule is CS(=O)(=O)c1cc(Br)ccc1C1NC(=O)N(c2cccc(C(F)(F)F)c2)C2=C1C(=O)CC2.O=C1C=C(Nc2cccc(C(F)(F)F)c2)CC1. The maximum atomic E-state index is 13.2. The van der Waals surface area contributed by atoms with Gasteiger partial charge in [0.15, 0.2) is 21.4 Å². The van der Waals surface area contributed by atoms with Crippen LogP contribution < -0.4 is 15.5 Å². The van der Waals surface area contributed by atoms with Crippen LogP contribution in [0.3, 0.4) is 0 Å². The summed E-state index contributed by atoms with van der Waals surface area (Å²) in [4.78, 5) is 37.8. The highest BCUT2D eigenvalue weighted by Gasteiger charge is 2.43. The van der Waals surface area contributed by atoms with E-state index in [9.17, 15) is 49.1 Å². The predicted octanol–water partition coefficient (Wildman–Crippen LogP) is 8.12. The minimum Gasteiger partial charge on any atom is -0.359 e. The summed E-state index contributed by atoms with van der Waals surface area (Å²) in [5.41, 5.74) is 0.0125. The van der Waals surface area contributed by atoms with Gasteiger partial charge in [-0.3, -0.25) is 14.5 Å². The number of anilines is 2. The first-order valence-corrected chi connectivity index (χ1v) is 17.2. The lowest BCUT2D eigenvalue weighted by molar-refractivity contribution is -0.138. The van der Waals surface area contributed by atoms with Crippen molar-refractivity contribution >= 4 is 54.7 Å². The Morgan fingerprint density at radius 2 is 1.49 bits per heavy atom. The molecule has 0 spiro atoms. The number of hydrogen-bond acceptors (Lipinski definition) is 6. The zero-order chi connectivity index (χ0) is 35.9. The zero-order valence-corrected chi connectivity index (χ0v) is 27.8. The molecule has 2 aliphatic carbocycles. The monoisotopic (exact) mass is 769 g/mol. The molecule has 0 radical (unpaired) electrons. The van der Waals surface area contributed by atoms with Crippen LogP contribution in [0.25, 0.3) is 0 Å². The molecular formula is C33H26BrF6N3O5S. The normalized spacial score (nSPS) is 18.1. The summed E-state index contributed by atoms with van der Waals surface area (Å²) in [6.07, 6.45) is -5.32. The highest BCUT2D eigenvalue weighted by atomic mass is 79.9. The van der Waals surface area contributed by atoms with Gasteiger partial charge in [0, 0.05) is 52.3 Å². The van der Waals surface area contributed by atoms with Crippen LogP contribution in [0.2, 0.25) is 0 Å². The van der Waals surface area contributed by atoms with E-state index in [-0.39, 0.29) is 51.8 Å². The summed E-state index contributed by atoms with van der Waals surface area (Å²) in [6, 6.07) is 11.9. The lowest BCUT2D eigenvalue weighted by Gasteiger charge is -2.35. The average molecular weight is 771 g/mol. The number of amides is 2. The minimum absolute atomic E-state index is 0.000485. The molecule has 3 aromatic rings. The molecular weight excluding hydrogens is 744 g/mol. The van der Waals surface area contributed by atoms with Gasteiger partial charge in [-0.2, -0.15) is 26.3 Å². The Morgan fingerprint density at radius 1 is 0.837 bits per heavy atom. The van der Waals surface area contributed by atoms with Crippen molar-refractivity contribution in [1.82, 2.24) is 5.32 Å². The standard InChI is InChI=1S/C21H16BrF3N2O4S.C12H10F3NO/c1-32(30,31)17-10-12(22)5-6-14(17)19-18-15(7-8-16(18)28)27(20(29)26-19)13-4-2-3-11(9-13)21(23,24)25;13-12(14,15)8-2-1-3-9(6-8)16-10-4-5-11(17)7-10/h2-6,9-10,19H,7-8H2,1H3,(H,26,29);1-3,6-7,16H,4-5H2. The van der Waals surface area contributed by atoms with Crippen molar-refractivity contribution in [3.05, 3.63) is 111 Å². The van der Waals surface area contributed by atoms with Crippen molar-refractivity contribution < 1.29 is 49.1 Å². The first kappa shape index (κ1) is 35.9. The Morgan fingerprint density at radius 3 is 2.10 bits per heavy atom. The molecule has 8 nitrogen and oxygen atoms in total. The van der Waals surface area contributed by atoms with Crippen LogP contribution in [0.4, 0.5) is 42.5 Å². The molecule has 16 heteroatoms. The molecule has 1 heterocycles. The van der Waals surface area contributed by atoms with E-state index in [1.807, 2.05) is 0 Å². The van der Waals surface area contributed by atoms with Gasteiger partial charge in [0.05, 0.1) is 27.8 Å². The molecule has 0 aromatic heterocycles. The van der Waals surface area contributed by atoms with E-state index >= 15 is 0 Å². The second kappa shape index (κ2) is 13.5. The van der Waals surface area contributed by atoms with Crippen molar-refractivity contribution in [2.45, 2.75) is 49.0 Å². The van der Waals surface area contributed by atoms with Crippen molar-refractivity contribution in [2.75, 3.05) is 16.5 Å². The number of benzene rings is 3. The summed E-state index contributed by atoms with van der Waals surface area (Å²) in [6.45, 7) is 0. The Kier molecular flexibility index (Phi) is 9.85. The number of nitrogens with one attached hydrogen (secondary N) is 2. The van der Waals surface area contributed by atoms with Gasteiger partial charge in [0.1, 0.15) is 0 Å². The Balaban J connectivity index is 0.000000232. The van der Waals surface area contributed by atoms with Crippen LogP contribution in [0.15, 0.2) is 99.1 Å². The molecule has 2 amide bonds. The fourth-order valence-corrected chi connectivity index (χ4v) is 7.12. The predicted molar refractivity (Wildman–Crippen MR) is 171 cm³/mol. The number of urea groups is 1. The maximum absolute atomic E-state index is 13.2. The van der Waals surface area contributed by atoms with Crippen molar-refractivity contribution in [3.63, 3.8) is 0 Å². The first-order chi connectivity index (χ1) is 22.8. The van der Waals surface area contributed by atoms with E-state index in [1.54, 1.807) is 12.1 Å². The number of alkyl halides is 6. The summed E-state index contributed by atoms with van der Waals surface area (Å²) < 4.78 is 102. The quantitative estimate of drug-likeness (QED) is 0.254. The smallest absolute Gasteiger partial charge is 0.359 e. The average Bonchev–Trinajstić information content (AvgIpc) is 3.60. The molecule has 1 aliphatic heterocycles. The topological polar surface area (TPSA) is 113 Å². The number of hydrogen-bond donors (Lipinski definition) is 2. The minimum atomic E-state index is -4.60. The third-order valence-electron chi connectivity index (χ3n) is 7.82. The van der Waals surface area contributed by atoms with Gasteiger partial charge in [-0.25, -0.2) is 13.2 Å². The summed E-state index contributed by atoms with van der Waals surface area (Å²) in [7, 11) is -3.71. The Labute approximate surface area is 284 Å². The van der Waals surface area contributed by atoms with Crippen LogP contribution in [0, 0.1) is 0 Å². The van der Waals surface area contributed by atoms with Gasteiger partial charge in [-0.15, -0.1) is 0 Å². The fraction of sp³-hybridized carbons (Fsp3) is 0.242. The number of carbonyl (C=O) groups excluding carboxylic acids is 3. The highest BCUT2D eigenvalue weighted by Crippen LogP contribution is 2.43. The molecule has 6 rings (SSSR count). The van der Waals surface area contributed by atoms with E-state index in [2.05, 4.69) is 26.6 Å².